The summed E-state index contributed by atoms with van der Waals surface area (Å²) >= 11 is 9.01. The van der Waals surface area contributed by atoms with E-state index in [4.69, 9.17) is 17.3 Å². The monoisotopic (exact) mass is 378 g/mol. The first-order chi connectivity index (χ1) is 9.79. The number of nitrogens with zero attached hydrogens (tertiary/aromatic N) is 1. The minimum atomic E-state index is -4.46. The fourth-order valence-corrected chi connectivity index (χ4v) is 2.57. The molecule has 0 aliphatic rings. The molecule has 2 nitrogen and oxygen atoms in total. The maximum absolute atomic E-state index is 13.1. The van der Waals surface area contributed by atoms with Crippen molar-refractivity contribution in [2.45, 2.75) is 18.6 Å². The molecule has 0 saturated carbocycles. The molecule has 0 aliphatic carbocycles. The summed E-state index contributed by atoms with van der Waals surface area (Å²) in [5.41, 5.74) is 5.91. The summed E-state index contributed by atoms with van der Waals surface area (Å²) in [6.45, 7) is 0. The second-order valence-corrected chi connectivity index (χ2v) is 5.83. The zero-order chi connectivity index (χ0) is 15.6. The van der Waals surface area contributed by atoms with Gasteiger partial charge in [-0.05, 0) is 35.7 Å². The Morgan fingerprint density at radius 2 is 2.00 bits per heavy atom. The quantitative estimate of drug-likeness (QED) is 0.835. The standard InChI is InChI=1S/C14H11BrClF3N2/c15-9-1-2-10(11(6-9)14(17,18)19)13(20)5-8-3-4-21-7-12(8)16/h1-4,6-7,13H,5,20H2. The van der Waals surface area contributed by atoms with Crippen molar-refractivity contribution in [1.29, 1.82) is 0 Å². The molecule has 0 spiro atoms. The van der Waals surface area contributed by atoms with Gasteiger partial charge in [0.2, 0.25) is 0 Å². The van der Waals surface area contributed by atoms with Gasteiger partial charge in [0.15, 0.2) is 0 Å². The van der Waals surface area contributed by atoms with E-state index in [1.165, 1.54) is 18.5 Å². The third kappa shape index (κ3) is 3.96. The van der Waals surface area contributed by atoms with Gasteiger partial charge < -0.3 is 5.73 Å². The summed E-state index contributed by atoms with van der Waals surface area (Å²) in [6, 6.07) is 4.79. The molecular weight excluding hydrogens is 369 g/mol. The second kappa shape index (κ2) is 6.34. The Hall–Kier alpha value is -1.11. The number of benzene rings is 1. The van der Waals surface area contributed by atoms with Gasteiger partial charge in [-0.1, -0.05) is 33.6 Å². The van der Waals surface area contributed by atoms with Crippen molar-refractivity contribution in [3.8, 4) is 0 Å². The van der Waals surface area contributed by atoms with Crippen LogP contribution in [0.1, 0.15) is 22.7 Å². The predicted octanol–water partition coefficient (Wildman–Crippen LogP) is 4.76. The minimum absolute atomic E-state index is 0.0404. The van der Waals surface area contributed by atoms with Gasteiger partial charge in [-0.3, -0.25) is 4.98 Å². The van der Waals surface area contributed by atoms with Crippen LogP contribution in [0.2, 0.25) is 5.02 Å². The smallest absolute Gasteiger partial charge is 0.324 e. The Kier molecular flexibility index (Phi) is 4.91. The first-order valence-corrected chi connectivity index (χ1v) is 7.16. The summed E-state index contributed by atoms with van der Waals surface area (Å²) in [4.78, 5) is 3.83. The third-order valence-electron chi connectivity index (χ3n) is 3.02. The van der Waals surface area contributed by atoms with Crippen molar-refractivity contribution >= 4 is 27.5 Å². The van der Waals surface area contributed by atoms with Crippen LogP contribution in [0.25, 0.3) is 0 Å². The fourth-order valence-electron chi connectivity index (χ4n) is 2.01. The number of nitrogens with two attached hydrogens (primary N) is 1. The van der Waals surface area contributed by atoms with Gasteiger partial charge in [0.1, 0.15) is 0 Å². The fraction of sp³-hybridized carbons (Fsp3) is 0.214. The van der Waals surface area contributed by atoms with E-state index in [-0.39, 0.29) is 12.0 Å². The van der Waals surface area contributed by atoms with Crippen molar-refractivity contribution in [2.24, 2.45) is 5.73 Å². The Bertz CT molecular complexity index is 646. The molecule has 1 atom stereocenters. The van der Waals surface area contributed by atoms with Gasteiger partial charge in [-0.2, -0.15) is 13.2 Å². The SMILES string of the molecule is NC(Cc1ccncc1Cl)c1ccc(Br)cc1C(F)(F)F. The minimum Gasteiger partial charge on any atom is -0.324 e. The van der Waals surface area contributed by atoms with Gasteiger partial charge in [0, 0.05) is 22.9 Å². The lowest BCUT2D eigenvalue weighted by Gasteiger charge is -2.19. The van der Waals surface area contributed by atoms with Crippen molar-refractivity contribution in [3.05, 3.63) is 62.8 Å². The van der Waals surface area contributed by atoms with Gasteiger partial charge in [0.05, 0.1) is 10.6 Å². The summed E-state index contributed by atoms with van der Waals surface area (Å²) < 4.78 is 39.6. The van der Waals surface area contributed by atoms with Crippen LogP contribution in [-0.2, 0) is 12.6 Å². The van der Waals surface area contributed by atoms with Crippen LogP contribution < -0.4 is 5.73 Å². The molecule has 2 rings (SSSR count). The van der Waals surface area contributed by atoms with Crippen molar-refractivity contribution < 1.29 is 13.2 Å². The molecule has 0 radical (unpaired) electrons. The Balaban J connectivity index is 2.36. The zero-order valence-electron chi connectivity index (χ0n) is 10.7. The molecule has 1 unspecified atom stereocenters. The lowest BCUT2D eigenvalue weighted by atomic mass is 9.95. The number of rotatable bonds is 3. The van der Waals surface area contributed by atoms with Crippen LogP contribution >= 0.6 is 27.5 Å². The van der Waals surface area contributed by atoms with Crippen LogP contribution in [0.3, 0.4) is 0 Å². The summed E-state index contributed by atoms with van der Waals surface area (Å²) in [6.07, 6.45) is -1.29. The molecule has 21 heavy (non-hydrogen) atoms. The molecule has 1 heterocycles. The van der Waals surface area contributed by atoms with Crippen molar-refractivity contribution in [1.82, 2.24) is 4.98 Å². The highest BCUT2D eigenvalue weighted by molar-refractivity contribution is 9.10. The van der Waals surface area contributed by atoms with Crippen LogP contribution in [0.5, 0.6) is 0 Å². The molecule has 2 aromatic rings. The number of aromatic nitrogens is 1. The molecule has 0 fully saturated rings. The predicted molar refractivity (Wildman–Crippen MR) is 79.0 cm³/mol. The lowest BCUT2D eigenvalue weighted by molar-refractivity contribution is -0.138. The Labute approximate surface area is 133 Å². The van der Waals surface area contributed by atoms with Gasteiger partial charge in [-0.15, -0.1) is 0 Å². The Morgan fingerprint density at radius 1 is 1.29 bits per heavy atom. The second-order valence-electron chi connectivity index (χ2n) is 4.51. The average Bonchev–Trinajstić information content (AvgIpc) is 2.40. The highest BCUT2D eigenvalue weighted by Gasteiger charge is 2.34. The van der Waals surface area contributed by atoms with E-state index in [0.29, 0.717) is 15.1 Å². The summed E-state index contributed by atoms with van der Waals surface area (Å²) in [7, 11) is 0. The van der Waals surface area contributed by atoms with E-state index >= 15 is 0 Å². The summed E-state index contributed by atoms with van der Waals surface area (Å²) in [5.74, 6) is 0. The molecule has 1 aromatic heterocycles. The highest BCUT2D eigenvalue weighted by Crippen LogP contribution is 2.36. The van der Waals surface area contributed by atoms with Gasteiger partial charge in [-0.25, -0.2) is 0 Å². The largest absolute Gasteiger partial charge is 0.416 e. The number of hydrogen-bond acceptors (Lipinski definition) is 2. The van der Waals surface area contributed by atoms with Gasteiger partial charge in [0.25, 0.3) is 0 Å². The average molecular weight is 380 g/mol. The lowest BCUT2D eigenvalue weighted by Crippen LogP contribution is -2.19. The van der Waals surface area contributed by atoms with E-state index in [0.717, 1.165) is 6.07 Å². The van der Waals surface area contributed by atoms with Crippen molar-refractivity contribution in [2.75, 3.05) is 0 Å². The maximum atomic E-state index is 13.1. The molecule has 0 aliphatic heterocycles. The number of pyridine rings is 1. The van der Waals surface area contributed by atoms with Crippen molar-refractivity contribution in [3.63, 3.8) is 0 Å². The van der Waals surface area contributed by atoms with E-state index in [2.05, 4.69) is 20.9 Å². The summed E-state index contributed by atoms with van der Waals surface area (Å²) in [5, 5.41) is 0.388. The molecule has 112 valence electrons. The van der Waals surface area contributed by atoms with Crippen LogP contribution in [0.4, 0.5) is 13.2 Å². The molecule has 0 amide bonds. The third-order valence-corrected chi connectivity index (χ3v) is 3.85. The van der Waals surface area contributed by atoms with Crippen LogP contribution in [0.15, 0.2) is 41.1 Å². The van der Waals surface area contributed by atoms with Gasteiger partial charge >= 0.3 is 6.18 Å². The number of hydrogen-bond donors (Lipinski definition) is 1. The molecule has 7 heteroatoms. The van der Waals surface area contributed by atoms with Crippen LogP contribution in [0, 0.1) is 0 Å². The van der Waals surface area contributed by atoms with E-state index in [1.807, 2.05) is 0 Å². The van der Waals surface area contributed by atoms with E-state index in [9.17, 15) is 13.2 Å². The van der Waals surface area contributed by atoms with E-state index < -0.39 is 17.8 Å². The van der Waals surface area contributed by atoms with Crippen LogP contribution in [-0.4, -0.2) is 4.98 Å². The van der Waals surface area contributed by atoms with E-state index in [1.54, 1.807) is 12.1 Å². The molecule has 2 N–H and O–H groups in total. The number of halogens is 5. The highest BCUT2D eigenvalue weighted by atomic mass is 79.9. The molecule has 1 aromatic carbocycles. The first-order valence-electron chi connectivity index (χ1n) is 5.99. The normalized spacial score (nSPS) is 13.2. The first kappa shape index (κ1) is 16.3. The molecule has 0 saturated heterocycles. The topological polar surface area (TPSA) is 38.9 Å². The number of alkyl halides is 3. The maximum Gasteiger partial charge on any atom is 0.416 e. The Morgan fingerprint density at radius 3 is 2.62 bits per heavy atom. The molecular formula is C14H11BrClF3N2. The zero-order valence-corrected chi connectivity index (χ0v) is 13.0. The molecule has 0 bridgehead atoms.